The van der Waals surface area contributed by atoms with Gasteiger partial charge in [-0.3, -0.25) is 4.79 Å². The van der Waals surface area contributed by atoms with Gasteiger partial charge in [-0.25, -0.2) is 0 Å². The van der Waals surface area contributed by atoms with Crippen LogP contribution in [0.2, 0.25) is 0 Å². The zero-order valence-electron chi connectivity index (χ0n) is 16.8. The van der Waals surface area contributed by atoms with E-state index >= 15 is 0 Å². The molecule has 3 aromatic rings. The number of anilines is 1. The van der Waals surface area contributed by atoms with Crippen LogP contribution in [-0.2, 0) is 24.2 Å². The van der Waals surface area contributed by atoms with Gasteiger partial charge in [0.05, 0.1) is 17.7 Å². The smallest absolute Gasteiger partial charge is 0.228 e. The van der Waals surface area contributed by atoms with E-state index in [2.05, 4.69) is 17.4 Å². The van der Waals surface area contributed by atoms with Crippen molar-refractivity contribution >= 4 is 11.6 Å². The number of benzene rings is 2. The number of nitrogens with zero attached hydrogens (tertiary/aromatic N) is 1. The van der Waals surface area contributed by atoms with E-state index in [0.29, 0.717) is 13.0 Å². The van der Waals surface area contributed by atoms with Crippen LogP contribution in [0.5, 0.6) is 5.75 Å². The van der Waals surface area contributed by atoms with Gasteiger partial charge in [-0.1, -0.05) is 42.4 Å². The Hall–Kier alpha value is -3.08. The van der Waals surface area contributed by atoms with E-state index in [-0.39, 0.29) is 5.91 Å². The summed E-state index contributed by atoms with van der Waals surface area (Å²) in [6.45, 7) is 8.29. The second-order valence-electron chi connectivity index (χ2n) is 6.92. The van der Waals surface area contributed by atoms with Gasteiger partial charge in [0.2, 0.25) is 5.91 Å². The van der Waals surface area contributed by atoms with Gasteiger partial charge >= 0.3 is 0 Å². The Labute approximate surface area is 165 Å². The van der Waals surface area contributed by atoms with E-state index in [9.17, 15) is 4.79 Å². The minimum atomic E-state index is -0.0200. The number of aromatic nitrogens is 1. The van der Waals surface area contributed by atoms with Crippen molar-refractivity contribution < 1.29 is 14.1 Å². The predicted molar refractivity (Wildman–Crippen MR) is 110 cm³/mol. The summed E-state index contributed by atoms with van der Waals surface area (Å²) in [6, 6.07) is 13.7. The number of hydrogen-bond acceptors (Lipinski definition) is 4. The average molecular weight is 378 g/mol. The molecular formula is C23H26N2O3. The van der Waals surface area contributed by atoms with Gasteiger partial charge in [0.25, 0.3) is 0 Å². The molecule has 5 heteroatoms. The summed E-state index contributed by atoms with van der Waals surface area (Å²) >= 11 is 0. The maximum Gasteiger partial charge on any atom is 0.228 e. The van der Waals surface area contributed by atoms with Crippen LogP contribution in [0.25, 0.3) is 0 Å². The summed E-state index contributed by atoms with van der Waals surface area (Å²) in [4.78, 5) is 12.5. The van der Waals surface area contributed by atoms with Crippen LogP contribution in [-0.4, -0.2) is 11.1 Å². The number of nitrogens with one attached hydrogen (secondary N) is 1. The molecule has 1 amide bonds. The molecule has 1 aromatic heterocycles. The molecule has 0 spiro atoms. The standard InChI is InChI=1S/C23H26N2O3/c1-5-19-8-6-7-15(2)23(19)24-22(26)13-18-9-11-20(12-10-18)27-14-21-16(3)25-28-17(21)4/h6-12H,5,13-14H2,1-4H3,(H,24,26). The fourth-order valence-corrected chi connectivity index (χ4v) is 3.14. The Morgan fingerprint density at radius 1 is 1.11 bits per heavy atom. The topological polar surface area (TPSA) is 64.4 Å². The fourth-order valence-electron chi connectivity index (χ4n) is 3.14. The van der Waals surface area contributed by atoms with Crippen molar-refractivity contribution in [1.29, 1.82) is 0 Å². The summed E-state index contributed by atoms with van der Waals surface area (Å²) in [5, 5.41) is 6.99. The van der Waals surface area contributed by atoms with Crippen LogP contribution >= 0.6 is 0 Å². The van der Waals surface area contributed by atoms with Crippen molar-refractivity contribution in [3.63, 3.8) is 0 Å². The van der Waals surface area contributed by atoms with Crippen LogP contribution in [0.3, 0.4) is 0 Å². The van der Waals surface area contributed by atoms with Gasteiger partial charge < -0.3 is 14.6 Å². The molecule has 0 atom stereocenters. The number of carbonyl (C=O) groups excluding carboxylic acids is 1. The quantitative estimate of drug-likeness (QED) is 0.634. The van der Waals surface area contributed by atoms with E-state index in [1.54, 1.807) is 0 Å². The largest absolute Gasteiger partial charge is 0.489 e. The zero-order valence-corrected chi connectivity index (χ0v) is 16.8. The molecular weight excluding hydrogens is 352 g/mol. The first-order chi connectivity index (χ1) is 13.5. The Bertz CT molecular complexity index is 939. The number of rotatable bonds is 7. The maximum atomic E-state index is 12.5. The lowest BCUT2D eigenvalue weighted by Gasteiger charge is -2.13. The number of amides is 1. The lowest BCUT2D eigenvalue weighted by molar-refractivity contribution is -0.115. The van der Waals surface area contributed by atoms with Crippen molar-refractivity contribution in [2.45, 2.75) is 47.1 Å². The third kappa shape index (κ3) is 4.60. The SMILES string of the molecule is CCc1cccc(C)c1NC(=O)Cc1ccc(OCc2c(C)noc2C)cc1. The summed E-state index contributed by atoms with van der Waals surface area (Å²) in [5.41, 5.74) is 5.90. The third-order valence-corrected chi connectivity index (χ3v) is 4.86. The molecule has 0 bridgehead atoms. The third-order valence-electron chi connectivity index (χ3n) is 4.86. The van der Waals surface area contributed by atoms with Crippen LogP contribution < -0.4 is 10.1 Å². The summed E-state index contributed by atoms with van der Waals surface area (Å²) in [6.07, 6.45) is 1.20. The molecule has 0 aliphatic heterocycles. The highest BCUT2D eigenvalue weighted by Crippen LogP contribution is 2.22. The molecule has 1 N–H and O–H groups in total. The second-order valence-corrected chi connectivity index (χ2v) is 6.92. The first-order valence-corrected chi connectivity index (χ1v) is 9.49. The average Bonchev–Trinajstić information content (AvgIpc) is 3.00. The lowest BCUT2D eigenvalue weighted by Crippen LogP contribution is -2.16. The van der Waals surface area contributed by atoms with E-state index in [1.807, 2.05) is 63.2 Å². The van der Waals surface area contributed by atoms with Crippen LogP contribution in [0, 0.1) is 20.8 Å². The number of aryl methyl sites for hydroxylation is 4. The molecule has 0 unspecified atom stereocenters. The van der Waals surface area contributed by atoms with Crippen molar-refractivity contribution in [2.75, 3.05) is 5.32 Å². The highest BCUT2D eigenvalue weighted by Gasteiger charge is 2.11. The minimum absolute atomic E-state index is 0.0200. The molecule has 0 aliphatic carbocycles. The molecule has 1 heterocycles. The van der Waals surface area contributed by atoms with Gasteiger partial charge in [-0.2, -0.15) is 0 Å². The Morgan fingerprint density at radius 3 is 2.50 bits per heavy atom. The summed E-state index contributed by atoms with van der Waals surface area (Å²) in [7, 11) is 0. The lowest BCUT2D eigenvalue weighted by atomic mass is 10.1. The Kier molecular flexibility index (Phi) is 6.14. The van der Waals surface area contributed by atoms with E-state index in [1.165, 1.54) is 0 Å². The number of para-hydroxylation sites is 1. The van der Waals surface area contributed by atoms with Gasteiger partial charge in [0.15, 0.2) is 0 Å². The number of carbonyl (C=O) groups is 1. The highest BCUT2D eigenvalue weighted by molar-refractivity contribution is 5.93. The second kappa shape index (κ2) is 8.74. The predicted octanol–water partition coefficient (Wildman–Crippen LogP) is 4.92. The summed E-state index contributed by atoms with van der Waals surface area (Å²) < 4.78 is 11.0. The van der Waals surface area contributed by atoms with Crippen molar-refractivity contribution in [1.82, 2.24) is 5.16 Å². The summed E-state index contributed by atoms with van der Waals surface area (Å²) in [5.74, 6) is 1.50. The maximum absolute atomic E-state index is 12.5. The van der Waals surface area contributed by atoms with Crippen molar-refractivity contribution in [3.05, 3.63) is 76.2 Å². The van der Waals surface area contributed by atoms with E-state index in [0.717, 1.165) is 51.6 Å². The zero-order chi connectivity index (χ0) is 20.1. The molecule has 0 fully saturated rings. The van der Waals surface area contributed by atoms with Crippen molar-refractivity contribution in [2.24, 2.45) is 0 Å². The molecule has 2 aromatic carbocycles. The first kappa shape index (κ1) is 19.7. The number of ether oxygens (including phenoxy) is 1. The molecule has 0 saturated carbocycles. The molecule has 0 radical (unpaired) electrons. The van der Waals surface area contributed by atoms with Gasteiger partial charge in [0, 0.05) is 5.69 Å². The van der Waals surface area contributed by atoms with Gasteiger partial charge in [-0.15, -0.1) is 0 Å². The first-order valence-electron chi connectivity index (χ1n) is 9.49. The molecule has 3 rings (SSSR count). The molecule has 28 heavy (non-hydrogen) atoms. The highest BCUT2D eigenvalue weighted by atomic mass is 16.5. The normalized spacial score (nSPS) is 10.7. The monoisotopic (exact) mass is 378 g/mol. The minimum Gasteiger partial charge on any atom is -0.489 e. The number of hydrogen-bond donors (Lipinski definition) is 1. The Balaban J connectivity index is 1.59. The van der Waals surface area contributed by atoms with Crippen LogP contribution in [0.15, 0.2) is 47.0 Å². The van der Waals surface area contributed by atoms with Gasteiger partial charge in [0.1, 0.15) is 18.1 Å². The molecule has 0 saturated heterocycles. The van der Waals surface area contributed by atoms with Crippen LogP contribution in [0.1, 0.15) is 40.6 Å². The molecule has 0 aliphatic rings. The van der Waals surface area contributed by atoms with Crippen LogP contribution in [0.4, 0.5) is 5.69 Å². The van der Waals surface area contributed by atoms with Crippen molar-refractivity contribution in [3.8, 4) is 5.75 Å². The Morgan fingerprint density at radius 2 is 1.86 bits per heavy atom. The van der Waals surface area contributed by atoms with Gasteiger partial charge in [-0.05, 0) is 56.0 Å². The fraction of sp³-hybridized carbons (Fsp3) is 0.304. The molecule has 146 valence electrons. The van der Waals surface area contributed by atoms with E-state index in [4.69, 9.17) is 9.26 Å². The van der Waals surface area contributed by atoms with E-state index < -0.39 is 0 Å². The molecule has 5 nitrogen and oxygen atoms in total.